The van der Waals surface area contributed by atoms with Crippen molar-refractivity contribution in [2.45, 2.75) is 26.7 Å². The molecule has 0 aromatic rings. The van der Waals surface area contributed by atoms with E-state index < -0.39 is 22.3 Å². The normalized spacial score (nSPS) is 13.3. The maximum atomic E-state index is 11.7. The summed E-state index contributed by atoms with van der Waals surface area (Å²) >= 11 is 0. The molecule has 0 aliphatic heterocycles. The van der Waals surface area contributed by atoms with Crippen LogP contribution in [0.15, 0.2) is 23.3 Å². The summed E-state index contributed by atoms with van der Waals surface area (Å²) in [5.41, 5.74) is 0.249. The Bertz CT molecular complexity index is 573. The lowest BCUT2D eigenvalue weighted by Gasteiger charge is -2.08. The summed E-state index contributed by atoms with van der Waals surface area (Å²) in [6.07, 6.45) is 4.24. The van der Waals surface area contributed by atoms with E-state index in [0.29, 0.717) is 25.9 Å². The van der Waals surface area contributed by atoms with Crippen molar-refractivity contribution < 1.29 is 26.4 Å². The van der Waals surface area contributed by atoms with E-state index in [-0.39, 0.29) is 11.1 Å². The highest BCUT2D eigenvalue weighted by molar-refractivity contribution is 7.82. The summed E-state index contributed by atoms with van der Waals surface area (Å²) in [5, 5.41) is 0. The summed E-state index contributed by atoms with van der Waals surface area (Å²) in [6, 6.07) is 0. The molecule has 0 heterocycles. The van der Waals surface area contributed by atoms with Gasteiger partial charge in [0.2, 0.25) is 0 Å². The predicted octanol–water partition coefficient (Wildman–Crippen LogP) is 1.11. The van der Waals surface area contributed by atoms with Gasteiger partial charge in [0.15, 0.2) is 0 Å². The number of hydrogen-bond donors (Lipinski definition) is 0. The van der Waals surface area contributed by atoms with Gasteiger partial charge in [-0.05, 0) is 54.9 Å². The Morgan fingerprint density at radius 3 is 1.40 bits per heavy atom. The molecule has 8 nitrogen and oxygen atoms in total. The Balaban J connectivity index is 4.66. The standard InChI is InChI=1S/C16H28N2O6S/c1-13(9-7-11-17(3)4)15(19)23-25(21,22)24-16(20)14(2)10-8-12-18(5)6/h9-10H,7-8,11-12H2,1-6H3. The molecule has 0 atom stereocenters. The molecule has 9 heteroatoms. The van der Waals surface area contributed by atoms with Gasteiger partial charge in [-0.25, -0.2) is 9.59 Å². The molecule has 0 aromatic carbocycles. The Labute approximate surface area is 150 Å². The molecule has 0 unspecified atom stereocenters. The molecule has 0 aliphatic rings. The fourth-order valence-corrected chi connectivity index (χ4v) is 2.25. The van der Waals surface area contributed by atoms with Crippen molar-refractivity contribution in [1.29, 1.82) is 0 Å². The molecule has 0 saturated carbocycles. The minimum Gasteiger partial charge on any atom is -0.312 e. The van der Waals surface area contributed by atoms with E-state index in [0.717, 1.165) is 0 Å². The zero-order valence-electron chi connectivity index (χ0n) is 15.7. The van der Waals surface area contributed by atoms with E-state index in [1.165, 1.54) is 13.8 Å². The monoisotopic (exact) mass is 376 g/mol. The summed E-state index contributed by atoms with van der Waals surface area (Å²) in [4.78, 5) is 27.3. The van der Waals surface area contributed by atoms with Crippen molar-refractivity contribution in [3.05, 3.63) is 23.3 Å². The third-order valence-electron chi connectivity index (χ3n) is 3.05. The SMILES string of the molecule is CC(=CCCN(C)C)C(=O)OS(=O)(=O)OC(=O)C(C)=CCCN(C)C. The van der Waals surface area contributed by atoms with Gasteiger partial charge in [-0.2, -0.15) is 0 Å². The second-order valence-electron chi connectivity index (χ2n) is 6.11. The smallest absolute Gasteiger partial charge is 0.312 e. The lowest BCUT2D eigenvalue weighted by atomic mass is 10.2. The van der Waals surface area contributed by atoms with Crippen LogP contribution in [-0.4, -0.2) is 71.4 Å². The fraction of sp³-hybridized carbons (Fsp3) is 0.625. The van der Waals surface area contributed by atoms with Crippen LogP contribution in [0.5, 0.6) is 0 Å². The van der Waals surface area contributed by atoms with Gasteiger partial charge in [-0.3, -0.25) is 0 Å². The summed E-state index contributed by atoms with van der Waals surface area (Å²) in [5.74, 6) is -2.14. The average molecular weight is 376 g/mol. The van der Waals surface area contributed by atoms with Crippen molar-refractivity contribution in [1.82, 2.24) is 9.80 Å². The number of hydrogen-bond acceptors (Lipinski definition) is 8. The van der Waals surface area contributed by atoms with E-state index >= 15 is 0 Å². The molecule has 144 valence electrons. The van der Waals surface area contributed by atoms with Gasteiger partial charge in [0.1, 0.15) is 0 Å². The molecule has 0 amide bonds. The van der Waals surface area contributed by atoms with Crippen molar-refractivity contribution in [3.8, 4) is 0 Å². The van der Waals surface area contributed by atoms with Gasteiger partial charge in [-0.1, -0.05) is 12.2 Å². The van der Waals surface area contributed by atoms with Crippen LogP contribution in [0.25, 0.3) is 0 Å². The van der Waals surface area contributed by atoms with Gasteiger partial charge in [0.25, 0.3) is 0 Å². The molecular weight excluding hydrogens is 348 g/mol. The van der Waals surface area contributed by atoms with E-state index in [1.807, 2.05) is 38.0 Å². The molecule has 0 spiro atoms. The Hall–Kier alpha value is -1.71. The maximum Gasteiger partial charge on any atom is 0.506 e. The second-order valence-corrected chi connectivity index (χ2v) is 7.26. The Kier molecular flexibility index (Phi) is 10.3. The van der Waals surface area contributed by atoms with Crippen LogP contribution in [0, 0.1) is 0 Å². The summed E-state index contributed by atoms with van der Waals surface area (Å²) in [7, 11) is 2.74. The molecular formula is C16H28N2O6S. The molecule has 0 rings (SSSR count). The average Bonchev–Trinajstić information content (AvgIpc) is 2.44. The lowest BCUT2D eigenvalue weighted by molar-refractivity contribution is -0.133. The second kappa shape index (κ2) is 11.0. The highest BCUT2D eigenvalue weighted by atomic mass is 32.3. The molecule has 0 N–H and O–H groups in total. The van der Waals surface area contributed by atoms with Crippen LogP contribution in [0.4, 0.5) is 0 Å². The third kappa shape index (κ3) is 11.5. The van der Waals surface area contributed by atoms with Gasteiger partial charge in [0.05, 0.1) is 0 Å². The zero-order valence-corrected chi connectivity index (χ0v) is 16.6. The molecule has 0 bridgehead atoms. The van der Waals surface area contributed by atoms with Crippen molar-refractivity contribution >= 4 is 22.3 Å². The van der Waals surface area contributed by atoms with E-state index in [9.17, 15) is 18.0 Å². The molecule has 0 radical (unpaired) electrons. The summed E-state index contributed by atoms with van der Waals surface area (Å²) < 4.78 is 31.9. The fourth-order valence-electron chi connectivity index (χ4n) is 1.58. The topological polar surface area (TPSA) is 93.2 Å². The number of rotatable bonds is 10. The highest BCUT2D eigenvalue weighted by Gasteiger charge is 2.24. The zero-order chi connectivity index (χ0) is 19.6. The number of carbonyl (C=O) groups excluding carboxylic acids is 2. The van der Waals surface area contributed by atoms with Crippen LogP contribution in [-0.2, 0) is 28.4 Å². The van der Waals surface area contributed by atoms with Gasteiger partial charge in [0, 0.05) is 24.2 Å². The maximum absolute atomic E-state index is 11.7. The van der Waals surface area contributed by atoms with Crippen LogP contribution in [0.2, 0.25) is 0 Å². The van der Waals surface area contributed by atoms with Crippen LogP contribution < -0.4 is 0 Å². The van der Waals surface area contributed by atoms with Crippen LogP contribution >= 0.6 is 0 Å². The molecule has 0 aliphatic carbocycles. The third-order valence-corrected chi connectivity index (χ3v) is 3.76. The first-order valence-electron chi connectivity index (χ1n) is 7.80. The minimum absolute atomic E-state index is 0.125. The predicted molar refractivity (Wildman–Crippen MR) is 95.0 cm³/mol. The molecule has 0 saturated heterocycles. The highest BCUT2D eigenvalue weighted by Crippen LogP contribution is 2.08. The lowest BCUT2D eigenvalue weighted by Crippen LogP contribution is -2.21. The van der Waals surface area contributed by atoms with Gasteiger partial charge >= 0.3 is 22.3 Å². The molecule has 0 aromatic heterocycles. The van der Waals surface area contributed by atoms with E-state index in [4.69, 9.17) is 0 Å². The van der Waals surface area contributed by atoms with E-state index in [1.54, 1.807) is 12.2 Å². The van der Waals surface area contributed by atoms with Crippen molar-refractivity contribution in [2.24, 2.45) is 0 Å². The summed E-state index contributed by atoms with van der Waals surface area (Å²) in [6.45, 7) is 4.26. The largest absolute Gasteiger partial charge is 0.506 e. The Morgan fingerprint density at radius 1 is 0.800 bits per heavy atom. The van der Waals surface area contributed by atoms with E-state index in [2.05, 4.69) is 8.37 Å². The first-order valence-corrected chi connectivity index (χ1v) is 9.13. The van der Waals surface area contributed by atoms with Crippen LogP contribution in [0.1, 0.15) is 26.7 Å². The Morgan fingerprint density at radius 2 is 1.12 bits per heavy atom. The van der Waals surface area contributed by atoms with Crippen molar-refractivity contribution in [3.63, 3.8) is 0 Å². The first kappa shape index (κ1) is 23.3. The van der Waals surface area contributed by atoms with Crippen molar-refractivity contribution in [2.75, 3.05) is 41.3 Å². The minimum atomic E-state index is -4.75. The number of nitrogens with zero attached hydrogens (tertiary/aromatic N) is 2. The van der Waals surface area contributed by atoms with Gasteiger partial charge in [-0.15, -0.1) is 8.42 Å². The molecule has 0 fully saturated rings. The first-order chi connectivity index (χ1) is 11.4. The van der Waals surface area contributed by atoms with Gasteiger partial charge < -0.3 is 18.2 Å². The molecule has 25 heavy (non-hydrogen) atoms. The van der Waals surface area contributed by atoms with Crippen LogP contribution in [0.3, 0.4) is 0 Å². The number of carbonyl (C=O) groups is 2. The quantitative estimate of drug-likeness (QED) is 0.524.